The fourth-order valence-corrected chi connectivity index (χ4v) is 2.61. The van der Waals surface area contributed by atoms with E-state index in [2.05, 4.69) is 0 Å². The van der Waals surface area contributed by atoms with Gasteiger partial charge in [-0.15, -0.1) is 0 Å². The van der Waals surface area contributed by atoms with Crippen LogP contribution in [0.5, 0.6) is 0 Å². The molecule has 2 nitrogen and oxygen atoms in total. The number of carboxylic acids is 1. The second kappa shape index (κ2) is 4.43. The van der Waals surface area contributed by atoms with E-state index in [1.165, 1.54) is 0 Å². The van der Waals surface area contributed by atoms with Gasteiger partial charge in [0.1, 0.15) is 11.6 Å². The minimum absolute atomic E-state index is 0.252. The number of carbonyl (C=O) groups is 1. The minimum Gasteiger partial charge on any atom is -0.481 e. The van der Waals surface area contributed by atoms with Crippen LogP contribution < -0.4 is 0 Å². The lowest BCUT2D eigenvalue weighted by Crippen LogP contribution is -2.38. The van der Waals surface area contributed by atoms with Gasteiger partial charge in [0.15, 0.2) is 0 Å². The van der Waals surface area contributed by atoms with Crippen molar-refractivity contribution in [3.63, 3.8) is 0 Å². The summed E-state index contributed by atoms with van der Waals surface area (Å²) in [6.07, 6.45) is 3.44. The van der Waals surface area contributed by atoms with E-state index in [-0.39, 0.29) is 5.56 Å². The van der Waals surface area contributed by atoms with Crippen molar-refractivity contribution < 1.29 is 18.7 Å². The van der Waals surface area contributed by atoms with Crippen LogP contribution in [0.2, 0.25) is 0 Å². The molecule has 0 radical (unpaired) electrons. The highest BCUT2D eigenvalue weighted by Crippen LogP contribution is 2.40. The summed E-state index contributed by atoms with van der Waals surface area (Å²) in [5.41, 5.74) is -0.858. The van der Waals surface area contributed by atoms with Gasteiger partial charge in [-0.25, -0.2) is 8.78 Å². The summed E-state index contributed by atoms with van der Waals surface area (Å²) in [6, 6.07) is 3.05. The van der Waals surface area contributed by atoms with Crippen molar-refractivity contribution in [3.05, 3.63) is 35.4 Å². The number of carboxylic acid groups (broad SMARTS) is 1. The van der Waals surface area contributed by atoms with E-state index in [9.17, 15) is 18.7 Å². The number of halogens is 2. The Labute approximate surface area is 98.3 Å². The SMILES string of the molecule is O=C(O)C1(c2cc(F)cc(F)c2)CCCCC1. The Morgan fingerprint density at radius 1 is 1.06 bits per heavy atom. The largest absolute Gasteiger partial charge is 0.481 e. The van der Waals surface area contributed by atoms with Crippen LogP contribution in [-0.4, -0.2) is 11.1 Å². The lowest BCUT2D eigenvalue weighted by Gasteiger charge is -2.33. The monoisotopic (exact) mass is 240 g/mol. The van der Waals surface area contributed by atoms with Crippen LogP contribution in [0.3, 0.4) is 0 Å². The third kappa shape index (κ3) is 2.16. The molecule has 17 heavy (non-hydrogen) atoms. The van der Waals surface area contributed by atoms with Crippen molar-refractivity contribution in [1.29, 1.82) is 0 Å². The Hall–Kier alpha value is -1.45. The van der Waals surface area contributed by atoms with Gasteiger partial charge in [-0.3, -0.25) is 4.79 Å². The highest BCUT2D eigenvalue weighted by Gasteiger charge is 2.41. The summed E-state index contributed by atoms with van der Waals surface area (Å²) < 4.78 is 26.4. The van der Waals surface area contributed by atoms with Crippen LogP contribution in [0.1, 0.15) is 37.7 Å². The van der Waals surface area contributed by atoms with Crippen molar-refractivity contribution in [2.24, 2.45) is 0 Å². The predicted octanol–water partition coefficient (Wildman–Crippen LogP) is 3.25. The zero-order valence-corrected chi connectivity index (χ0v) is 9.38. The molecule has 0 heterocycles. The number of aliphatic carboxylic acids is 1. The molecule has 1 N–H and O–H groups in total. The molecule has 1 aromatic rings. The van der Waals surface area contributed by atoms with Gasteiger partial charge >= 0.3 is 5.97 Å². The molecule has 1 aromatic carbocycles. The normalized spacial score (nSPS) is 18.9. The molecule has 92 valence electrons. The number of hydrogen-bond acceptors (Lipinski definition) is 1. The van der Waals surface area contributed by atoms with E-state index in [1.54, 1.807) is 0 Å². The molecule has 0 aromatic heterocycles. The van der Waals surface area contributed by atoms with E-state index in [0.29, 0.717) is 12.8 Å². The Kier molecular flexibility index (Phi) is 3.13. The molecule has 0 aliphatic heterocycles. The van der Waals surface area contributed by atoms with E-state index in [1.807, 2.05) is 0 Å². The number of rotatable bonds is 2. The van der Waals surface area contributed by atoms with Gasteiger partial charge in [0.05, 0.1) is 5.41 Å². The van der Waals surface area contributed by atoms with Crippen LogP contribution in [0.15, 0.2) is 18.2 Å². The lowest BCUT2D eigenvalue weighted by molar-refractivity contribution is -0.145. The molecule has 1 aliphatic rings. The zero-order valence-electron chi connectivity index (χ0n) is 9.38. The van der Waals surface area contributed by atoms with Crippen molar-refractivity contribution in [2.45, 2.75) is 37.5 Å². The fourth-order valence-electron chi connectivity index (χ4n) is 2.61. The number of hydrogen-bond donors (Lipinski definition) is 1. The molecule has 1 saturated carbocycles. The molecule has 0 unspecified atom stereocenters. The van der Waals surface area contributed by atoms with Crippen LogP contribution in [0.25, 0.3) is 0 Å². The zero-order chi connectivity index (χ0) is 12.5. The lowest BCUT2D eigenvalue weighted by atomic mass is 9.69. The van der Waals surface area contributed by atoms with Crippen molar-refractivity contribution in [2.75, 3.05) is 0 Å². The predicted molar refractivity (Wildman–Crippen MR) is 58.8 cm³/mol. The maximum atomic E-state index is 13.2. The summed E-state index contributed by atoms with van der Waals surface area (Å²) in [5.74, 6) is -2.42. The molecule has 0 amide bonds. The third-order valence-electron chi connectivity index (χ3n) is 3.53. The first-order valence-corrected chi connectivity index (χ1v) is 5.74. The van der Waals surface area contributed by atoms with E-state index in [4.69, 9.17) is 0 Å². The minimum atomic E-state index is -1.11. The van der Waals surface area contributed by atoms with E-state index >= 15 is 0 Å². The highest BCUT2D eigenvalue weighted by molar-refractivity contribution is 5.81. The molecule has 1 aliphatic carbocycles. The smallest absolute Gasteiger partial charge is 0.314 e. The van der Waals surface area contributed by atoms with Gasteiger partial charge < -0.3 is 5.11 Å². The van der Waals surface area contributed by atoms with Gasteiger partial charge in [-0.05, 0) is 30.5 Å². The highest BCUT2D eigenvalue weighted by atomic mass is 19.1. The van der Waals surface area contributed by atoms with Crippen LogP contribution in [-0.2, 0) is 10.2 Å². The van der Waals surface area contributed by atoms with Crippen LogP contribution in [0, 0.1) is 11.6 Å². The molecule has 4 heteroatoms. The maximum Gasteiger partial charge on any atom is 0.314 e. The van der Waals surface area contributed by atoms with Crippen molar-refractivity contribution in [3.8, 4) is 0 Å². The van der Waals surface area contributed by atoms with Crippen LogP contribution >= 0.6 is 0 Å². The summed E-state index contributed by atoms with van der Waals surface area (Å²) in [4.78, 5) is 11.5. The van der Waals surface area contributed by atoms with E-state index in [0.717, 1.165) is 37.5 Å². The van der Waals surface area contributed by atoms with Gasteiger partial charge in [0.25, 0.3) is 0 Å². The molecular formula is C13H14F2O2. The molecule has 0 spiro atoms. The second-order valence-corrected chi connectivity index (χ2v) is 4.61. The first kappa shape index (κ1) is 12.0. The van der Waals surface area contributed by atoms with Gasteiger partial charge in [-0.2, -0.15) is 0 Å². The topological polar surface area (TPSA) is 37.3 Å². The van der Waals surface area contributed by atoms with Gasteiger partial charge in [0, 0.05) is 6.07 Å². The maximum absolute atomic E-state index is 13.2. The Morgan fingerprint density at radius 3 is 2.06 bits per heavy atom. The number of benzene rings is 1. The first-order chi connectivity index (χ1) is 8.04. The van der Waals surface area contributed by atoms with Crippen LogP contribution in [0.4, 0.5) is 8.78 Å². The summed E-state index contributed by atoms with van der Waals surface area (Å²) in [5, 5.41) is 9.38. The fraction of sp³-hybridized carbons (Fsp3) is 0.462. The van der Waals surface area contributed by atoms with Gasteiger partial charge in [-0.1, -0.05) is 19.3 Å². The standard InChI is InChI=1S/C13H14F2O2/c14-10-6-9(7-11(15)8-10)13(12(16)17)4-2-1-3-5-13/h6-8H,1-5H2,(H,16,17). The first-order valence-electron chi connectivity index (χ1n) is 5.74. The van der Waals surface area contributed by atoms with E-state index < -0.39 is 23.0 Å². The van der Waals surface area contributed by atoms with Crippen molar-refractivity contribution >= 4 is 5.97 Å². The molecule has 0 saturated heterocycles. The average molecular weight is 240 g/mol. The summed E-state index contributed by atoms with van der Waals surface area (Å²) >= 11 is 0. The second-order valence-electron chi connectivity index (χ2n) is 4.61. The quantitative estimate of drug-likeness (QED) is 0.861. The molecule has 0 atom stereocenters. The third-order valence-corrected chi connectivity index (χ3v) is 3.53. The molecule has 1 fully saturated rings. The average Bonchev–Trinajstić information content (AvgIpc) is 2.28. The molecular weight excluding hydrogens is 226 g/mol. The summed E-state index contributed by atoms with van der Waals surface area (Å²) in [7, 11) is 0. The Balaban J connectivity index is 2.48. The summed E-state index contributed by atoms with van der Waals surface area (Å²) in [6.45, 7) is 0. The Morgan fingerprint density at radius 2 is 1.59 bits per heavy atom. The Bertz CT molecular complexity index is 417. The molecule has 0 bridgehead atoms. The molecule has 2 rings (SSSR count). The van der Waals surface area contributed by atoms with Gasteiger partial charge in [0.2, 0.25) is 0 Å². The van der Waals surface area contributed by atoms with Crippen molar-refractivity contribution in [1.82, 2.24) is 0 Å².